The Labute approximate surface area is 165 Å². The van der Waals surface area contributed by atoms with Crippen LogP contribution in [0.4, 0.5) is 0 Å². The van der Waals surface area contributed by atoms with Crippen molar-refractivity contribution in [3.8, 4) is 0 Å². The van der Waals surface area contributed by atoms with Crippen LogP contribution in [0.1, 0.15) is 51.9 Å². The Morgan fingerprint density at radius 3 is 2.50 bits per heavy atom. The Morgan fingerprint density at radius 2 is 1.86 bits per heavy atom. The number of piperidine rings is 2. The van der Waals surface area contributed by atoms with E-state index in [1.165, 1.54) is 6.92 Å². The van der Waals surface area contributed by atoms with Gasteiger partial charge in [-0.25, -0.2) is 0 Å². The third-order valence-electron chi connectivity index (χ3n) is 5.44. The van der Waals surface area contributed by atoms with Crippen molar-refractivity contribution in [2.75, 3.05) is 26.2 Å². The molecule has 2 aliphatic rings. The number of carboxylic acids is 1. The van der Waals surface area contributed by atoms with Gasteiger partial charge in [0.05, 0.1) is 12.3 Å². The molecule has 0 radical (unpaired) electrons. The average molecular weight is 396 g/mol. The van der Waals surface area contributed by atoms with Crippen molar-refractivity contribution in [3.63, 3.8) is 0 Å². The molecule has 2 aliphatic heterocycles. The molecule has 158 valence electrons. The Hall–Kier alpha value is -2.16. The topological polar surface area (TPSA) is 128 Å². The first-order valence-electron chi connectivity index (χ1n) is 10.1. The number of aliphatic carboxylic acids is 1. The molecule has 0 aliphatic carbocycles. The summed E-state index contributed by atoms with van der Waals surface area (Å²) in [5.74, 6) is -1.57. The maximum Gasteiger partial charge on any atom is 0.307 e. The van der Waals surface area contributed by atoms with Gasteiger partial charge in [-0.2, -0.15) is 0 Å². The van der Waals surface area contributed by atoms with E-state index in [9.17, 15) is 19.2 Å². The molecule has 9 heteroatoms. The largest absolute Gasteiger partial charge is 0.481 e. The van der Waals surface area contributed by atoms with Crippen LogP contribution in [-0.2, 0) is 19.2 Å². The molecule has 2 rings (SSSR count). The van der Waals surface area contributed by atoms with Gasteiger partial charge in [0.25, 0.3) is 0 Å². The van der Waals surface area contributed by atoms with Crippen LogP contribution in [0.25, 0.3) is 0 Å². The van der Waals surface area contributed by atoms with E-state index in [4.69, 9.17) is 5.11 Å². The predicted octanol–water partition coefficient (Wildman–Crippen LogP) is 0.0579. The summed E-state index contributed by atoms with van der Waals surface area (Å²) in [6.45, 7) is 4.29. The molecule has 0 bridgehead atoms. The molecule has 3 amide bonds. The summed E-state index contributed by atoms with van der Waals surface area (Å²) in [5, 5.41) is 17.3. The zero-order valence-electron chi connectivity index (χ0n) is 16.5. The van der Waals surface area contributed by atoms with Gasteiger partial charge in [-0.15, -0.1) is 0 Å². The molecule has 9 nitrogen and oxygen atoms in total. The standard InChI is InChI=1S/C19H32N4O5/c1-13(24)21-16(11-18(26)27)22-19(28)15-3-2-10-23(12-15)17(25)5-4-14-6-8-20-9-7-14/h14-16,20H,2-12H2,1H3,(H,21,24)(H,22,28)(H,26,27)/t15-,16+/m1/s1. The van der Waals surface area contributed by atoms with E-state index in [-0.39, 0.29) is 17.7 Å². The van der Waals surface area contributed by atoms with Gasteiger partial charge in [-0.3, -0.25) is 19.2 Å². The van der Waals surface area contributed by atoms with E-state index >= 15 is 0 Å². The molecule has 0 spiro atoms. The van der Waals surface area contributed by atoms with Crippen LogP contribution in [0, 0.1) is 11.8 Å². The average Bonchev–Trinajstić information content (AvgIpc) is 2.66. The number of hydrogen-bond donors (Lipinski definition) is 4. The van der Waals surface area contributed by atoms with Crippen LogP contribution in [0.5, 0.6) is 0 Å². The van der Waals surface area contributed by atoms with E-state index in [1.807, 2.05) is 0 Å². The molecule has 28 heavy (non-hydrogen) atoms. The first-order chi connectivity index (χ1) is 13.3. The van der Waals surface area contributed by atoms with Gasteiger partial charge < -0.3 is 26.0 Å². The van der Waals surface area contributed by atoms with Crippen molar-refractivity contribution in [2.24, 2.45) is 11.8 Å². The first kappa shape index (κ1) is 22.1. The molecule has 0 saturated carbocycles. The molecule has 2 fully saturated rings. The molecular weight excluding hydrogens is 364 g/mol. The second-order valence-electron chi connectivity index (χ2n) is 7.77. The number of nitrogens with one attached hydrogen (secondary N) is 3. The van der Waals surface area contributed by atoms with Crippen molar-refractivity contribution in [1.82, 2.24) is 20.9 Å². The van der Waals surface area contributed by atoms with Crippen molar-refractivity contribution < 1.29 is 24.3 Å². The minimum atomic E-state index is -1.11. The van der Waals surface area contributed by atoms with Crippen LogP contribution in [0.2, 0.25) is 0 Å². The predicted molar refractivity (Wildman–Crippen MR) is 102 cm³/mol. The van der Waals surface area contributed by atoms with Crippen molar-refractivity contribution >= 4 is 23.7 Å². The summed E-state index contributed by atoms with van der Waals surface area (Å²) >= 11 is 0. The fourth-order valence-electron chi connectivity index (χ4n) is 3.92. The maximum atomic E-state index is 12.6. The van der Waals surface area contributed by atoms with Crippen molar-refractivity contribution in [1.29, 1.82) is 0 Å². The summed E-state index contributed by atoms with van der Waals surface area (Å²) in [5.41, 5.74) is 0. The number of likely N-dealkylation sites (tertiary alicyclic amines) is 1. The number of carbonyl (C=O) groups excluding carboxylic acids is 3. The first-order valence-corrected chi connectivity index (χ1v) is 10.1. The van der Waals surface area contributed by atoms with Crippen LogP contribution in [0.3, 0.4) is 0 Å². The molecular formula is C19H32N4O5. The van der Waals surface area contributed by atoms with Gasteiger partial charge in [0, 0.05) is 26.4 Å². The van der Waals surface area contributed by atoms with Gasteiger partial charge in [0.15, 0.2) is 0 Å². The second-order valence-corrected chi connectivity index (χ2v) is 7.77. The van der Waals surface area contributed by atoms with Gasteiger partial charge >= 0.3 is 5.97 Å². The molecule has 0 unspecified atom stereocenters. The van der Waals surface area contributed by atoms with Crippen LogP contribution in [-0.4, -0.2) is 66.0 Å². The lowest BCUT2D eigenvalue weighted by Crippen LogP contribution is -2.53. The van der Waals surface area contributed by atoms with Crippen molar-refractivity contribution in [2.45, 2.75) is 58.0 Å². The normalized spacial score (nSPS) is 21.6. The maximum absolute atomic E-state index is 12.6. The minimum absolute atomic E-state index is 0.0833. The molecule has 2 atom stereocenters. The molecule has 0 aromatic rings. The number of carboxylic acid groups (broad SMARTS) is 1. The second kappa shape index (κ2) is 11.0. The Bertz CT molecular complexity index is 561. The van der Waals surface area contributed by atoms with Gasteiger partial charge in [-0.05, 0) is 51.1 Å². The zero-order chi connectivity index (χ0) is 20.5. The summed E-state index contributed by atoms with van der Waals surface area (Å²) < 4.78 is 0. The lowest BCUT2D eigenvalue weighted by molar-refractivity contribution is -0.138. The van der Waals surface area contributed by atoms with E-state index in [0.717, 1.165) is 38.8 Å². The number of rotatable bonds is 8. The molecule has 0 aromatic carbocycles. The third-order valence-corrected chi connectivity index (χ3v) is 5.44. The SMILES string of the molecule is CC(=O)N[C@H](CC(=O)O)NC(=O)[C@@H]1CCCN(C(=O)CCC2CCNCC2)C1. The lowest BCUT2D eigenvalue weighted by atomic mass is 9.92. The third kappa shape index (κ3) is 7.46. The lowest BCUT2D eigenvalue weighted by Gasteiger charge is -2.33. The van der Waals surface area contributed by atoms with Crippen LogP contribution < -0.4 is 16.0 Å². The Morgan fingerprint density at radius 1 is 1.14 bits per heavy atom. The quantitative estimate of drug-likeness (QED) is 0.430. The Balaban J connectivity index is 1.82. The molecule has 2 saturated heterocycles. The molecule has 2 heterocycles. The number of amides is 3. The van der Waals surface area contributed by atoms with Gasteiger partial charge in [-0.1, -0.05) is 0 Å². The van der Waals surface area contributed by atoms with E-state index in [0.29, 0.717) is 31.8 Å². The summed E-state index contributed by atoms with van der Waals surface area (Å²) in [7, 11) is 0. The summed E-state index contributed by atoms with van der Waals surface area (Å²) in [6.07, 6.45) is 3.64. The Kier molecular flexibility index (Phi) is 8.69. The van der Waals surface area contributed by atoms with Crippen LogP contribution >= 0.6 is 0 Å². The monoisotopic (exact) mass is 396 g/mol. The highest BCUT2D eigenvalue weighted by Crippen LogP contribution is 2.21. The minimum Gasteiger partial charge on any atom is -0.481 e. The highest BCUT2D eigenvalue weighted by Gasteiger charge is 2.30. The number of carbonyl (C=O) groups is 4. The molecule has 4 N–H and O–H groups in total. The van der Waals surface area contributed by atoms with Gasteiger partial charge in [0.2, 0.25) is 17.7 Å². The van der Waals surface area contributed by atoms with Gasteiger partial charge in [0.1, 0.15) is 6.17 Å². The van der Waals surface area contributed by atoms with E-state index in [2.05, 4.69) is 16.0 Å². The van der Waals surface area contributed by atoms with E-state index < -0.39 is 24.5 Å². The fraction of sp³-hybridized carbons (Fsp3) is 0.789. The van der Waals surface area contributed by atoms with E-state index in [1.54, 1.807) is 4.90 Å². The number of hydrogen-bond acceptors (Lipinski definition) is 5. The fourth-order valence-corrected chi connectivity index (χ4v) is 3.92. The zero-order valence-corrected chi connectivity index (χ0v) is 16.5. The van der Waals surface area contributed by atoms with Crippen molar-refractivity contribution in [3.05, 3.63) is 0 Å². The smallest absolute Gasteiger partial charge is 0.307 e. The highest BCUT2D eigenvalue weighted by atomic mass is 16.4. The highest BCUT2D eigenvalue weighted by molar-refractivity contribution is 5.83. The number of nitrogens with zero attached hydrogens (tertiary/aromatic N) is 1. The molecule has 0 aromatic heterocycles. The summed E-state index contributed by atoms with van der Waals surface area (Å²) in [6, 6.07) is 0. The van der Waals surface area contributed by atoms with Crippen LogP contribution in [0.15, 0.2) is 0 Å². The summed E-state index contributed by atoms with van der Waals surface area (Å²) in [4.78, 5) is 49.0.